The Labute approximate surface area is 199 Å². The first-order valence-corrected chi connectivity index (χ1v) is 11.0. The Hall–Kier alpha value is -3.26. The number of Topliss-reactive ketones (excluding diaryl/α,β-unsaturated/α-hetero) is 1. The summed E-state index contributed by atoms with van der Waals surface area (Å²) in [6.07, 6.45) is -2.88. The Morgan fingerprint density at radius 3 is 2.65 bits per heavy atom. The molecule has 0 saturated carbocycles. The van der Waals surface area contributed by atoms with Crippen molar-refractivity contribution < 1.29 is 27.5 Å². The summed E-state index contributed by atoms with van der Waals surface area (Å²) in [6.45, 7) is 1.71. The number of amides is 1. The maximum absolute atomic E-state index is 13.5. The number of alkyl halides is 3. The van der Waals surface area contributed by atoms with E-state index >= 15 is 0 Å². The molecule has 2 aromatic carbocycles. The number of allylic oxidation sites excluding steroid dienone is 3. The van der Waals surface area contributed by atoms with Crippen molar-refractivity contribution in [2.75, 3.05) is 12.4 Å². The fraction of sp³-hybridized carbons (Fsp3) is 0.280. The second kappa shape index (κ2) is 9.18. The fourth-order valence-electron chi connectivity index (χ4n) is 4.43. The standard InChI is InChI=1S/C25H22ClF3N2O3/c1-13-21(24(33)31-19-12-15(25(27,28)29)9-10-17(19)26)22(14-5-3-6-16(11-14)34-2)23-18(30-13)7-4-8-20(23)32/h3,5-6,9-12,22,30H,4,7-8H2,1-2H3,(H,31,33). The lowest BCUT2D eigenvalue weighted by atomic mass is 9.75. The zero-order valence-electron chi connectivity index (χ0n) is 18.5. The highest BCUT2D eigenvalue weighted by atomic mass is 35.5. The normalized spacial score (nSPS) is 18.4. The molecule has 1 unspecified atom stereocenters. The number of nitrogens with one attached hydrogen (secondary N) is 2. The topological polar surface area (TPSA) is 67.4 Å². The number of halogens is 4. The number of carbonyl (C=O) groups is 2. The molecule has 1 aliphatic carbocycles. The Morgan fingerprint density at radius 2 is 1.94 bits per heavy atom. The predicted octanol–water partition coefficient (Wildman–Crippen LogP) is 5.97. The van der Waals surface area contributed by atoms with Gasteiger partial charge in [0.05, 0.1) is 23.4 Å². The van der Waals surface area contributed by atoms with Crippen LogP contribution in [-0.2, 0) is 15.8 Å². The molecule has 5 nitrogen and oxygen atoms in total. The van der Waals surface area contributed by atoms with Crippen LogP contribution in [-0.4, -0.2) is 18.8 Å². The molecule has 1 aliphatic heterocycles. The lowest BCUT2D eigenvalue weighted by molar-refractivity contribution is -0.137. The predicted molar refractivity (Wildman–Crippen MR) is 123 cm³/mol. The van der Waals surface area contributed by atoms with Crippen molar-refractivity contribution in [2.45, 2.75) is 38.3 Å². The van der Waals surface area contributed by atoms with Gasteiger partial charge in [-0.3, -0.25) is 9.59 Å². The molecule has 9 heteroatoms. The molecule has 0 bridgehead atoms. The number of ether oxygens (including phenoxy) is 1. The summed E-state index contributed by atoms with van der Waals surface area (Å²) >= 11 is 6.10. The van der Waals surface area contributed by atoms with E-state index in [0.29, 0.717) is 41.8 Å². The third-order valence-electron chi connectivity index (χ3n) is 5.99. The Bertz CT molecular complexity index is 1230. The quantitative estimate of drug-likeness (QED) is 0.553. The molecule has 2 N–H and O–H groups in total. The molecule has 1 amide bonds. The summed E-state index contributed by atoms with van der Waals surface area (Å²) in [5.74, 6) is -0.871. The first kappa shape index (κ1) is 23.9. The van der Waals surface area contributed by atoms with Crippen LogP contribution in [0.4, 0.5) is 18.9 Å². The van der Waals surface area contributed by atoms with Crippen LogP contribution in [0, 0.1) is 0 Å². The average Bonchev–Trinajstić information content (AvgIpc) is 2.79. The number of ketones is 1. The van der Waals surface area contributed by atoms with E-state index in [1.807, 2.05) is 0 Å². The molecule has 0 aromatic heterocycles. The van der Waals surface area contributed by atoms with E-state index in [1.54, 1.807) is 31.2 Å². The largest absolute Gasteiger partial charge is 0.497 e. The number of rotatable bonds is 4. The van der Waals surface area contributed by atoms with Crippen LogP contribution >= 0.6 is 11.6 Å². The van der Waals surface area contributed by atoms with Crippen LogP contribution in [0.25, 0.3) is 0 Å². The number of benzene rings is 2. The summed E-state index contributed by atoms with van der Waals surface area (Å²) < 4.78 is 44.9. The maximum atomic E-state index is 13.5. The van der Waals surface area contributed by atoms with Gasteiger partial charge in [-0.05, 0) is 55.7 Å². The minimum atomic E-state index is -4.59. The SMILES string of the molecule is COc1cccc(C2C(C(=O)Nc3cc(C(F)(F)F)ccc3Cl)=C(C)NC3=C2C(=O)CCC3)c1. The van der Waals surface area contributed by atoms with Gasteiger partial charge in [0.25, 0.3) is 5.91 Å². The van der Waals surface area contributed by atoms with Crippen LogP contribution in [0.1, 0.15) is 43.2 Å². The van der Waals surface area contributed by atoms with Gasteiger partial charge in [0.15, 0.2) is 5.78 Å². The summed E-state index contributed by atoms with van der Waals surface area (Å²) in [4.78, 5) is 26.5. The minimum absolute atomic E-state index is 0.0325. The number of carbonyl (C=O) groups excluding carboxylic acids is 2. The molecule has 0 saturated heterocycles. The Morgan fingerprint density at radius 1 is 1.18 bits per heavy atom. The van der Waals surface area contributed by atoms with Crippen molar-refractivity contribution in [3.63, 3.8) is 0 Å². The van der Waals surface area contributed by atoms with Gasteiger partial charge in [-0.1, -0.05) is 23.7 Å². The number of hydrogen-bond acceptors (Lipinski definition) is 4. The van der Waals surface area contributed by atoms with Gasteiger partial charge >= 0.3 is 6.18 Å². The zero-order valence-corrected chi connectivity index (χ0v) is 19.2. The molecular formula is C25H22ClF3N2O3. The number of hydrogen-bond donors (Lipinski definition) is 2. The van der Waals surface area contributed by atoms with E-state index in [0.717, 1.165) is 23.9 Å². The van der Waals surface area contributed by atoms with Crippen LogP contribution in [0.15, 0.2) is 65.0 Å². The van der Waals surface area contributed by atoms with Crippen LogP contribution in [0.3, 0.4) is 0 Å². The van der Waals surface area contributed by atoms with E-state index in [1.165, 1.54) is 7.11 Å². The van der Waals surface area contributed by atoms with E-state index in [4.69, 9.17) is 16.3 Å². The third-order valence-corrected chi connectivity index (χ3v) is 6.32. The van der Waals surface area contributed by atoms with Crippen molar-refractivity contribution in [1.29, 1.82) is 0 Å². The first-order chi connectivity index (χ1) is 16.1. The third kappa shape index (κ3) is 4.55. The van der Waals surface area contributed by atoms with E-state index in [9.17, 15) is 22.8 Å². The first-order valence-electron chi connectivity index (χ1n) is 10.7. The lowest BCUT2D eigenvalue weighted by Gasteiger charge is -2.34. The van der Waals surface area contributed by atoms with Crippen LogP contribution in [0.5, 0.6) is 5.75 Å². The molecule has 1 heterocycles. The highest BCUT2D eigenvalue weighted by Crippen LogP contribution is 2.43. The molecule has 4 rings (SSSR count). The van der Waals surface area contributed by atoms with Gasteiger partial charge in [0.2, 0.25) is 0 Å². The highest BCUT2D eigenvalue weighted by molar-refractivity contribution is 6.34. The smallest absolute Gasteiger partial charge is 0.416 e. The van der Waals surface area contributed by atoms with Crippen molar-refractivity contribution in [1.82, 2.24) is 5.32 Å². The molecule has 2 aromatic rings. The second-order valence-electron chi connectivity index (χ2n) is 8.19. The van der Waals surface area contributed by atoms with E-state index < -0.39 is 23.6 Å². The van der Waals surface area contributed by atoms with Gasteiger partial charge in [-0.25, -0.2) is 0 Å². The van der Waals surface area contributed by atoms with Crippen molar-refractivity contribution in [3.8, 4) is 5.75 Å². The van der Waals surface area contributed by atoms with Gasteiger partial charge in [0.1, 0.15) is 5.75 Å². The molecule has 0 spiro atoms. The highest BCUT2D eigenvalue weighted by Gasteiger charge is 2.39. The monoisotopic (exact) mass is 490 g/mol. The number of anilines is 1. The molecule has 2 aliphatic rings. The minimum Gasteiger partial charge on any atom is -0.497 e. The zero-order chi connectivity index (χ0) is 24.6. The van der Waals surface area contributed by atoms with Gasteiger partial charge in [0, 0.05) is 34.9 Å². The summed E-state index contributed by atoms with van der Waals surface area (Å²) in [7, 11) is 1.52. The van der Waals surface area contributed by atoms with Gasteiger partial charge < -0.3 is 15.4 Å². The number of dihydropyridines is 1. The van der Waals surface area contributed by atoms with Crippen LogP contribution in [0.2, 0.25) is 5.02 Å². The lowest BCUT2D eigenvalue weighted by Crippen LogP contribution is -2.35. The maximum Gasteiger partial charge on any atom is 0.416 e. The van der Waals surface area contributed by atoms with Crippen molar-refractivity contribution in [3.05, 3.63) is 81.2 Å². The molecule has 34 heavy (non-hydrogen) atoms. The summed E-state index contributed by atoms with van der Waals surface area (Å²) in [5, 5.41) is 5.67. The van der Waals surface area contributed by atoms with Gasteiger partial charge in [-0.2, -0.15) is 13.2 Å². The molecule has 178 valence electrons. The summed E-state index contributed by atoms with van der Waals surface area (Å²) in [5.41, 5.74) is 1.57. The van der Waals surface area contributed by atoms with E-state index in [2.05, 4.69) is 10.6 Å². The number of methoxy groups -OCH3 is 1. The Balaban J connectivity index is 1.79. The summed E-state index contributed by atoms with van der Waals surface area (Å²) in [6, 6.07) is 9.79. The molecule has 0 radical (unpaired) electrons. The molecule has 0 fully saturated rings. The van der Waals surface area contributed by atoms with Crippen molar-refractivity contribution >= 4 is 29.0 Å². The molecular weight excluding hydrogens is 469 g/mol. The van der Waals surface area contributed by atoms with Crippen LogP contribution < -0.4 is 15.4 Å². The van der Waals surface area contributed by atoms with Crippen molar-refractivity contribution in [2.24, 2.45) is 0 Å². The second-order valence-corrected chi connectivity index (χ2v) is 8.60. The van der Waals surface area contributed by atoms with Gasteiger partial charge in [-0.15, -0.1) is 0 Å². The van der Waals surface area contributed by atoms with E-state index in [-0.39, 0.29) is 22.1 Å². The fourth-order valence-corrected chi connectivity index (χ4v) is 4.59. The average molecular weight is 491 g/mol. The molecule has 1 atom stereocenters. The Kier molecular flexibility index (Phi) is 6.45.